The molecule has 226 valence electrons. The summed E-state index contributed by atoms with van der Waals surface area (Å²) in [7, 11) is 0. The van der Waals surface area contributed by atoms with Crippen LogP contribution in [0.25, 0.3) is 6.08 Å². The molecule has 0 aliphatic heterocycles. The van der Waals surface area contributed by atoms with Crippen LogP contribution in [0.2, 0.25) is 0 Å². The second-order valence-corrected chi connectivity index (χ2v) is 11.7. The Kier molecular flexibility index (Phi) is 11.0. The number of nitrogens with one attached hydrogen (secondary N) is 3. The number of amides is 3. The quantitative estimate of drug-likeness (QED) is 0.116. The van der Waals surface area contributed by atoms with E-state index in [-0.39, 0.29) is 11.4 Å². The summed E-state index contributed by atoms with van der Waals surface area (Å²) in [6.07, 6.45) is -2.72. The van der Waals surface area contributed by atoms with Gasteiger partial charge in [0.2, 0.25) is 5.91 Å². The SMILES string of the molecule is CCC(Sc1cccc(NC(=O)/C(=C\c2ccc(Br)cc2)NC(=O)c2ccccc2)c1)C(=O)Nc1ccccc1C(F)(F)F. The van der Waals surface area contributed by atoms with Crippen LogP contribution in [0.3, 0.4) is 0 Å². The minimum atomic E-state index is -4.61. The van der Waals surface area contributed by atoms with Gasteiger partial charge in [0, 0.05) is 20.6 Å². The van der Waals surface area contributed by atoms with Crippen molar-refractivity contribution in [2.75, 3.05) is 10.6 Å². The van der Waals surface area contributed by atoms with Crippen molar-refractivity contribution in [3.05, 3.63) is 130 Å². The number of halogens is 4. The Bertz CT molecular complexity index is 1660. The van der Waals surface area contributed by atoms with Crippen LogP contribution in [0.5, 0.6) is 0 Å². The molecule has 4 rings (SSSR count). The average molecular weight is 683 g/mol. The lowest BCUT2D eigenvalue weighted by Crippen LogP contribution is -2.30. The van der Waals surface area contributed by atoms with Crippen LogP contribution in [0.1, 0.15) is 34.8 Å². The second kappa shape index (κ2) is 14.9. The van der Waals surface area contributed by atoms with E-state index in [1.54, 1.807) is 79.7 Å². The molecule has 0 radical (unpaired) electrons. The molecule has 0 fully saturated rings. The van der Waals surface area contributed by atoms with Gasteiger partial charge in [-0.05, 0) is 72.7 Å². The van der Waals surface area contributed by atoms with Crippen molar-refractivity contribution >= 4 is 62.9 Å². The first-order valence-electron chi connectivity index (χ1n) is 13.4. The van der Waals surface area contributed by atoms with Gasteiger partial charge in [-0.25, -0.2) is 0 Å². The van der Waals surface area contributed by atoms with E-state index in [2.05, 4.69) is 31.9 Å². The van der Waals surface area contributed by atoms with E-state index in [0.29, 0.717) is 28.1 Å². The number of rotatable bonds is 10. The van der Waals surface area contributed by atoms with E-state index in [1.807, 2.05) is 12.1 Å². The van der Waals surface area contributed by atoms with Crippen LogP contribution in [0.15, 0.2) is 118 Å². The van der Waals surface area contributed by atoms with Gasteiger partial charge in [-0.1, -0.05) is 71.4 Å². The topological polar surface area (TPSA) is 87.3 Å². The number of hydrogen-bond donors (Lipinski definition) is 3. The fourth-order valence-corrected chi connectivity index (χ4v) is 5.33. The Morgan fingerprint density at radius 3 is 2.23 bits per heavy atom. The predicted octanol–water partition coefficient (Wildman–Crippen LogP) is 8.39. The number of alkyl halides is 3. The monoisotopic (exact) mass is 681 g/mol. The molecule has 44 heavy (non-hydrogen) atoms. The van der Waals surface area contributed by atoms with Gasteiger partial charge in [-0.3, -0.25) is 14.4 Å². The summed E-state index contributed by atoms with van der Waals surface area (Å²) in [6.45, 7) is 1.76. The van der Waals surface area contributed by atoms with Gasteiger partial charge in [-0.2, -0.15) is 13.2 Å². The molecule has 3 amide bonds. The highest BCUT2D eigenvalue weighted by molar-refractivity contribution is 9.10. The molecule has 0 bridgehead atoms. The molecular formula is C33H27BrF3N3O3S. The molecule has 1 unspecified atom stereocenters. The van der Waals surface area contributed by atoms with Crippen molar-refractivity contribution in [1.29, 1.82) is 0 Å². The standard InChI is InChI=1S/C33H27BrF3N3O3S/c1-2-29(32(43)39-27-14-7-6-13-26(27)33(35,36)37)44-25-12-8-11-24(20-25)38-31(42)28(19-21-15-17-23(34)18-16-21)40-30(41)22-9-4-3-5-10-22/h3-20,29H,2H2,1H3,(H,38,42)(H,39,43)(H,40,41)/b28-19+. The first-order chi connectivity index (χ1) is 21.0. The van der Waals surface area contributed by atoms with Gasteiger partial charge < -0.3 is 16.0 Å². The summed E-state index contributed by atoms with van der Waals surface area (Å²) in [5, 5.41) is 7.17. The number of thioether (sulfide) groups is 1. The molecule has 0 aliphatic rings. The van der Waals surface area contributed by atoms with E-state index in [9.17, 15) is 27.6 Å². The molecule has 0 aliphatic carbocycles. The van der Waals surface area contributed by atoms with Gasteiger partial charge in [0.05, 0.1) is 16.5 Å². The van der Waals surface area contributed by atoms with Crippen molar-refractivity contribution in [3.8, 4) is 0 Å². The number of carbonyl (C=O) groups excluding carboxylic acids is 3. The van der Waals surface area contributed by atoms with Crippen molar-refractivity contribution in [1.82, 2.24) is 5.32 Å². The van der Waals surface area contributed by atoms with Crippen molar-refractivity contribution in [2.45, 2.75) is 29.7 Å². The van der Waals surface area contributed by atoms with Crippen LogP contribution < -0.4 is 16.0 Å². The van der Waals surface area contributed by atoms with Gasteiger partial charge in [0.1, 0.15) is 5.70 Å². The minimum absolute atomic E-state index is 0.00775. The van der Waals surface area contributed by atoms with Crippen LogP contribution in [-0.4, -0.2) is 23.0 Å². The number of benzene rings is 4. The number of anilines is 2. The largest absolute Gasteiger partial charge is 0.418 e. The predicted molar refractivity (Wildman–Crippen MR) is 171 cm³/mol. The highest BCUT2D eigenvalue weighted by Gasteiger charge is 2.34. The Morgan fingerprint density at radius 2 is 1.55 bits per heavy atom. The molecule has 4 aromatic carbocycles. The van der Waals surface area contributed by atoms with Crippen molar-refractivity contribution < 1.29 is 27.6 Å². The molecule has 3 N–H and O–H groups in total. The molecule has 0 aromatic heterocycles. The third-order valence-corrected chi connectivity index (χ3v) is 8.12. The van der Waals surface area contributed by atoms with E-state index in [1.165, 1.54) is 18.2 Å². The van der Waals surface area contributed by atoms with Gasteiger partial charge in [0.15, 0.2) is 0 Å². The number of carbonyl (C=O) groups is 3. The van der Waals surface area contributed by atoms with E-state index < -0.39 is 34.7 Å². The minimum Gasteiger partial charge on any atom is -0.325 e. The summed E-state index contributed by atoms with van der Waals surface area (Å²) < 4.78 is 41.1. The summed E-state index contributed by atoms with van der Waals surface area (Å²) in [4.78, 5) is 39.9. The molecule has 0 heterocycles. The zero-order chi connectivity index (χ0) is 31.7. The Morgan fingerprint density at radius 1 is 0.864 bits per heavy atom. The number of hydrogen-bond acceptors (Lipinski definition) is 4. The lowest BCUT2D eigenvalue weighted by Gasteiger charge is -2.18. The van der Waals surface area contributed by atoms with Crippen molar-refractivity contribution in [3.63, 3.8) is 0 Å². The lowest BCUT2D eigenvalue weighted by atomic mass is 10.1. The number of para-hydroxylation sites is 1. The second-order valence-electron chi connectivity index (χ2n) is 9.46. The highest BCUT2D eigenvalue weighted by atomic mass is 79.9. The van der Waals surface area contributed by atoms with Crippen LogP contribution in [0.4, 0.5) is 24.5 Å². The van der Waals surface area contributed by atoms with E-state index >= 15 is 0 Å². The molecule has 4 aromatic rings. The molecular weight excluding hydrogens is 655 g/mol. The average Bonchev–Trinajstić information content (AvgIpc) is 3.00. The maximum atomic E-state index is 13.4. The highest BCUT2D eigenvalue weighted by Crippen LogP contribution is 2.35. The van der Waals surface area contributed by atoms with Gasteiger partial charge in [0.25, 0.3) is 11.8 Å². The molecule has 6 nitrogen and oxygen atoms in total. The summed E-state index contributed by atoms with van der Waals surface area (Å²) in [5.74, 6) is -1.61. The lowest BCUT2D eigenvalue weighted by molar-refractivity contribution is -0.137. The Labute approximate surface area is 265 Å². The molecule has 0 saturated carbocycles. The zero-order valence-corrected chi connectivity index (χ0v) is 25.7. The fourth-order valence-electron chi connectivity index (χ4n) is 4.05. The molecule has 0 spiro atoms. The summed E-state index contributed by atoms with van der Waals surface area (Å²) >= 11 is 4.54. The summed E-state index contributed by atoms with van der Waals surface area (Å²) in [6, 6.07) is 27.2. The smallest absolute Gasteiger partial charge is 0.325 e. The molecule has 1 atom stereocenters. The summed E-state index contributed by atoms with van der Waals surface area (Å²) in [5.41, 5.74) is 0.223. The van der Waals surface area contributed by atoms with E-state index in [0.717, 1.165) is 22.3 Å². The molecule has 11 heteroatoms. The van der Waals surface area contributed by atoms with Gasteiger partial charge >= 0.3 is 6.18 Å². The third-order valence-electron chi connectivity index (χ3n) is 6.23. The zero-order valence-electron chi connectivity index (χ0n) is 23.3. The van der Waals surface area contributed by atoms with Crippen LogP contribution in [0, 0.1) is 0 Å². The van der Waals surface area contributed by atoms with Crippen molar-refractivity contribution in [2.24, 2.45) is 0 Å². The van der Waals surface area contributed by atoms with Crippen LogP contribution >= 0.6 is 27.7 Å². The van der Waals surface area contributed by atoms with Gasteiger partial charge in [-0.15, -0.1) is 11.8 Å². The molecule has 0 saturated heterocycles. The maximum absolute atomic E-state index is 13.4. The van der Waals surface area contributed by atoms with E-state index in [4.69, 9.17) is 0 Å². The third kappa shape index (κ3) is 9.08. The first-order valence-corrected chi connectivity index (χ1v) is 15.1. The Hall–Kier alpha value is -4.35. The normalized spacial score (nSPS) is 12.2. The maximum Gasteiger partial charge on any atom is 0.418 e. The Balaban J connectivity index is 1.50. The fraction of sp³-hybridized carbons (Fsp3) is 0.121. The van der Waals surface area contributed by atoms with Crippen LogP contribution in [-0.2, 0) is 15.8 Å². The first kappa shape index (κ1) is 32.6.